The lowest BCUT2D eigenvalue weighted by molar-refractivity contribution is 0.403. The van der Waals surface area contributed by atoms with Gasteiger partial charge in [-0.2, -0.15) is 0 Å². The van der Waals surface area contributed by atoms with Gasteiger partial charge in [-0.25, -0.2) is 13.6 Å². The summed E-state index contributed by atoms with van der Waals surface area (Å²) in [5.41, 5.74) is 3.11. The molecule has 0 aliphatic carbocycles. The molecule has 0 spiro atoms. The SMILES string of the molecule is COc1ccc(-c2cncc(-c3ccc(O)cc3)c2)cc1S(N)(=O)=O. The van der Waals surface area contributed by atoms with Crippen molar-refractivity contribution in [1.29, 1.82) is 0 Å². The Bertz CT molecular complexity index is 1020. The first-order chi connectivity index (χ1) is 11.9. The van der Waals surface area contributed by atoms with Gasteiger partial charge in [0.2, 0.25) is 10.0 Å². The standard InChI is InChI=1S/C18H16N2O4S/c1-24-17-7-4-13(9-18(17)25(19,22)23)15-8-14(10-20-11-15)12-2-5-16(21)6-3-12/h2-11,21H,1H3,(H2,19,22,23). The number of phenols is 1. The fourth-order valence-corrected chi connectivity index (χ4v) is 3.21. The maximum absolute atomic E-state index is 11.8. The van der Waals surface area contributed by atoms with Gasteiger partial charge in [-0.05, 0) is 41.5 Å². The van der Waals surface area contributed by atoms with Crippen molar-refractivity contribution < 1.29 is 18.3 Å². The zero-order chi connectivity index (χ0) is 18.0. The molecule has 0 bridgehead atoms. The highest BCUT2D eigenvalue weighted by atomic mass is 32.2. The van der Waals surface area contributed by atoms with Crippen LogP contribution in [0.15, 0.2) is 65.8 Å². The molecule has 3 N–H and O–H groups in total. The van der Waals surface area contributed by atoms with Gasteiger partial charge in [-0.15, -0.1) is 0 Å². The summed E-state index contributed by atoms with van der Waals surface area (Å²) >= 11 is 0. The predicted octanol–water partition coefficient (Wildman–Crippen LogP) is 2.78. The Kier molecular flexibility index (Phi) is 4.43. The number of nitrogens with two attached hydrogens (primary N) is 1. The topological polar surface area (TPSA) is 103 Å². The smallest absolute Gasteiger partial charge is 0.241 e. The van der Waals surface area contributed by atoms with Crippen molar-refractivity contribution in [2.45, 2.75) is 4.90 Å². The van der Waals surface area contributed by atoms with Gasteiger partial charge in [0.05, 0.1) is 7.11 Å². The second-order valence-corrected chi connectivity index (χ2v) is 6.95. The molecule has 0 fully saturated rings. The van der Waals surface area contributed by atoms with E-state index in [1.54, 1.807) is 48.8 Å². The van der Waals surface area contributed by atoms with Gasteiger partial charge in [0.15, 0.2) is 0 Å². The van der Waals surface area contributed by atoms with Crippen molar-refractivity contribution in [3.8, 4) is 33.8 Å². The fraction of sp³-hybridized carbons (Fsp3) is 0.0556. The first-order valence-electron chi connectivity index (χ1n) is 7.34. The molecule has 0 atom stereocenters. The predicted molar refractivity (Wildman–Crippen MR) is 94.7 cm³/mol. The lowest BCUT2D eigenvalue weighted by Gasteiger charge is -2.10. The van der Waals surface area contributed by atoms with Gasteiger partial charge in [-0.1, -0.05) is 18.2 Å². The number of rotatable bonds is 4. The van der Waals surface area contributed by atoms with Crippen LogP contribution in [0.1, 0.15) is 0 Å². The highest BCUT2D eigenvalue weighted by molar-refractivity contribution is 7.89. The van der Waals surface area contributed by atoms with E-state index in [9.17, 15) is 13.5 Å². The number of aromatic hydroxyl groups is 1. The lowest BCUT2D eigenvalue weighted by atomic mass is 10.0. The fourth-order valence-electron chi connectivity index (χ4n) is 2.49. The first kappa shape index (κ1) is 16.9. The van der Waals surface area contributed by atoms with Crippen LogP contribution in [0.3, 0.4) is 0 Å². The number of aromatic nitrogens is 1. The van der Waals surface area contributed by atoms with Crippen LogP contribution in [-0.2, 0) is 10.0 Å². The van der Waals surface area contributed by atoms with Gasteiger partial charge >= 0.3 is 0 Å². The molecule has 0 amide bonds. The molecule has 0 radical (unpaired) electrons. The van der Waals surface area contributed by atoms with E-state index in [1.807, 2.05) is 6.07 Å². The van der Waals surface area contributed by atoms with Crippen LogP contribution in [-0.4, -0.2) is 25.6 Å². The molecule has 0 aliphatic heterocycles. The van der Waals surface area contributed by atoms with E-state index in [4.69, 9.17) is 9.88 Å². The Morgan fingerprint density at radius 1 is 0.920 bits per heavy atom. The molecule has 0 unspecified atom stereocenters. The van der Waals surface area contributed by atoms with Gasteiger partial charge in [0, 0.05) is 23.5 Å². The van der Waals surface area contributed by atoms with E-state index in [0.29, 0.717) is 5.56 Å². The summed E-state index contributed by atoms with van der Waals surface area (Å²) in [6.45, 7) is 0. The van der Waals surface area contributed by atoms with Crippen molar-refractivity contribution in [2.24, 2.45) is 5.14 Å². The third-order valence-electron chi connectivity index (χ3n) is 3.74. The molecule has 0 saturated carbocycles. The third-order valence-corrected chi connectivity index (χ3v) is 4.67. The number of primary sulfonamides is 1. The summed E-state index contributed by atoms with van der Waals surface area (Å²) in [5, 5.41) is 14.7. The van der Waals surface area contributed by atoms with Crippen LogP contribution < -0.4 is 9.88 Å². The molecule has 0 saturated heterocycles. The largest absolute Gasteiger partial charge is 0.508 e. The van der Waals surface area contributed by atoms with Gasteiger partial charge in [0.1, 0.15) is 16.4 Å². The number of pyridine rings is 1. The normalized spacial score (nSPS) is 11.3. The van der Waals surface area contributed by atoms with Gasteiger partial charge in [-0.3, -0.25) is 4.98 Å². The van der Waals surface area contributed by atoms with Crippen LogP contribution in [0.4, 0.5) is 0 Å². The molecule has 25 heavy (non-hydrogen) atoms. The Morgan fingerprint density at radius 3 is 2.12 bits per heavy atom. The number of hydrogen-bond acceptors (Lipinski definition) is 5. The Labute approximate surface area is 145 Å². The molecule has 128 valence electrons. The number of phenolic OH excluding ortho intramolecular Hbond substituents is 1. The minimum Gasteiger partial charge on any atom is -0.508 e. The number of methoxy groups -OCH3 is 1. The van der Waals surface area contributed by atoms with Crippen LogP contribution in [0, 0.1) is 0 Å². The minimum absolute atomic E-state index is 0.0810. The van der Waals surface area contributed by atoms with Crippen molar-refractivity contribution in [3.63, 3.8) is 0 Å². The van der Waals surface area contributed by atoms with Gasteiger partial charge < -0.3 is 9.84 Å². The van der Waals surface area contributed by atoms with Crippen LogP contribution >= 0.6 is 0 Å². The summed E-state index contributed by atoms with van der Waals surface area (Å²) in [4.78, 5) is 4.14. The molecular weight excluding hydrogens is 340 g/mol. The first-order valence-corrected chi connectivity index (χ1v) is 8.89. The summed E-state index contributed by atoms with van der Waals surface area (Å²) in [6, 6.07) is 13.4. The van der Waals surface area contributed by atoms with E-state index >= 15 is 0 Å². The van der Waals surface area contributed by atoms with Crippen molar-refractivity contribution in [3.05, 3.63) is 60.9 Å². The molecule has 1 heterocycles. The van der Waals surface area contributed by atoms with E-state index in [1.165, 1.54) is 13.2 Å². The van der Waals surface area contributed by atoms with Crippen LogP contribution in [0.25, 0.3) is 22.3 Å². The molecule has 6 nitrogen and oxygen atoms in total. The number of ether oxygens (including phenoxy) is 1. The summed E-state index contributed by atoms with van der Waals surface area (Å²) < 4.78 is 28.6. The maximum atomic E-state index is 11.8. The molecule has 1 aromatic heterocycles. The van der Waals surface area contributed by atoms with E-state index < -0.39 is 10.0 Å². The summed E-state index contributed by atoms with van der Waals surface area (Å²) in [6.07, 6.45) is 3.33. The molecule has 3 aromatic rings. The van der Waals surface area contributed by atoms with Crippen molar-refractivity contribution in [1.82, 2.24) is 4.98 Å². The third kappa shape index (κ3) is 3.62. The highest BCUT2D eigenvalue weighted by Crippen LogP contribution is 2.31. The van der Waals surface area contributed by atoms with Crippen molar-refractivity contribution in [2.75, 3.05) is 7.11 Å². The van der Waals surface area contributed by atoms with Crippen LogP contribution in [0.2, 0.25) is 0 Å². The van der Waals surface area contributed by atoms with Crippen LogP contribution in [0.5, 0.6) is 11.5 Å². The minimum atomic E-state index is -3.92. The second-order valence-electron chi connectivity index (χ2n) is 5.42. The second kappa shape index (κ2) is 6.54. The number of benzene rings is 2. The Hall–Kier alpha value is -2.90. The zero-order valence-electron chi connectivity index (χ0n) is 13.4. The Balaban J connectivity index is 2.08. The average Bonchev–Trinajstić information content (AvgIpc) is 2.61. The number of hydrogen-bond donors (Lipinski definition) is 2. The molecule has 3 rings (SSSR count). The van der Waals surface area contributed by atoms with E-state index in [2.05, 4.69) is 4.98 Å². The lowest BCUT2D eigenvalue weighted by Crippen LogP contribution is -2.13. The molecule has 0 aliphatic rings. The Morgan fingerprint density at radius 2 is 1.52 bits per heavy atom. The van der Waals surface area contributed by atoms with Crippen molar-refractivity contribution >= 4 is 10.0 Å². The number of sulfonamides is 1. The quantitative estimate of drug-likeness (QED) is 0.748. The maximum Gasteiger partial charge on any atom is 0.241 e. The molecular formula is C18H16N2O4S. The van der Waals surface area contributed by atoms with Gasteiger partial charge in [0.25, 0.3) is 0 Å². The molecule has 7 heteroatoms. The summed E-state index contributed by atoms with van der Waals surface area (Å²) in [7, 11) is -2.53. The summed E-state index contributed by atoms with van der Waals surface area (Å²) in [5.74, 6) is 0.370. The molecule has 2 aromatic carbocycles. The van der Waals surface area contributed by atoms with E-state index in [-0.39, 0.29) is 16.4 Å². The number of nitrogens with zero attached hydrogens (tertiary/aromatic N) is 1. The zero-order valence-corrected chi connectivity index (χ0v) is 14.2. The average molecular weight is 356 g/mol. The highest BCUT2D eigenvalue weighted by Gasteiger charge is 2.16. The van der Waals surface area contributed by atoms with E-state index in [0.717, 1.165) is 16.7 Å². The monoisotopic (exact) mass is 356 g/mol.